The molecule has 1 saturated heterocycles. The van der Waals surface area contributed by atoms with Gasteiger partial charge < -0.3 is 9.80 Å². The Bertz CT molecular complexity index is 807. The molecule has 0 radical (unpaired) electrons. The van der Waals surface area contributed by atoms with Gasteiger partial charge in [-0.2, -0.15) is 0 Å². The van der Waals surface area contributed by atoms with Crippen LogP contribution in [0.5, 0.6) is 0 Å². The van der Waals surface area contributed by atoms with Crippen LogP contribution in [-0.4, -0.2) is 52.9 Å². The van der Waals surface area contributed by atoms with Gasteiger partial charge in [0.2, 0.25) is 0 Å². The predicted octanol–water partition coefficient (Wildman–Crippen LogP) is 4.60. The minimum Gasteiger partial charge on any atom is -0.338 e. The Morgan fingerprint density at radius 3 is 2.32 bits per heavy atom. The van der Waals surface area contributed by atoms with Gasteiger partial charge in [0.1, 0.15) is 21.5 Å². The normalized spacial score (nSPS) is 15.4. The quantitative estimate of drug-likeness (QED) is 0.702. The molecule has 4 nitrogen and oxygen atoms in total. The highest BCUT2D eigenvalue weighted by Crippen LogP contribution is 2.33. The standard InChI is InChI=1S/C21H27F2N3OS/c1-4-17-19(28-20(24-17)18-15(22)8-7-9-16(18)23)21(27)26-12-10-14(11-13-26)25(5-2)6-3/h7-9,14H,4-6,10-13H2,1-3H3. The van der Waals surface area contributed by atoms with Crippen molar-refractivity contribution in [3.8, 4) is 10.6 Å². The Morgan fingerprint density at radius 2 is 1.79 bits per heavy atom. The number of carbonyl (C=O) groups is 1. The van der Waals surface area contributed by atoms with Gasteiger partial charge in [-0.25, -0.2) is 13.8 Å². The van der Waals surface area contributed by atoms with Gasteiger partial charge in [-0.05, 0) is 44.5 Å². The van der Waals surface area contributed by atoms with Crippen LogP contribution in [0.1, 0.15) is 49.0 Å². The summed E-state index contributed by atoms with van der Waals surface area (Å²) < 4.78 is 28.3. The Kier molecular flexibility index (Phi) is 6.78. The number of carbonyl (C=O) groups excluding carboxylic acids is 1. The van der Waals surface area contributed by atoms with E-state index in [4.69, 9.17) is 0 Å². The summed E-state index contributed by atoms with van der Waals surface area (Å²) in [6, 6.07) is 4.26. The number of piperidine rings is 1. The molecule has 2 aromatic rings. The second-order valence-electron chi connectivity index (χ2n) is 6.99. The first kappa shape index (κ1) is 20.9. The van der Waals surface area contributed by atoms with Crippen LogP contribution in [0, 0.1) is 11.6 Å². The van der Waals surface area contributed by atoms with Gasteiger partial charge in [-0.15, -0.1) is 11.3 Å². The third-order valence-corrected chi connectivity index (χ3v) is 6.59. The summed E-state index contributed by atoms with van der Waals surface area (Å²) in [6.45, 7) is 9.66. The van der Waals surface area contributed by atoms with E-state index in [2.05, 4.69) is 23.7 Å². The molecule has 7 heteroatoms. The van der Waals surface area contributed by atoms with E-state index in [0.717, 1.165) is 37.3 Å². The number of amides is 1. The Morgan fingerprint density at radius 1 is 1.18 bits per heavy atom. The molecule has 0 unspecified atom stereocenters. The first-order valence-electron chi connectivity index (χ1n) is 9.97. The largest absolute Gasteiger partial charge is 0.338 e. The van der Waals surface area contributed by atoms with Crippen LogP contribution in [0.25, 0.3) is 10.6 Å². The molecule has 1 aromatic heterocycles. The molecule has 0 spiro atoms. The molecule has 1 aromatic carbocycles. The molecule has 1 aliphatic rings. The number of halogens is 2. The van der Waals surface area contributed by atoms with Crippen molar-refractivity contribution in [3.63, 3.8) is 0 Å². The first-order valence-corrected chi connectivity index (χ1v) is 10.8. The average molecular weight is 408 g/mol. The summed E-state index contributed by atoms with van der Waals surface area (Å²) in [7, 11) is 0. The van der Waals surface area contributed by atoms with Gasteiger partial charge in [-0.1, -0.05) is 26.8 Å². The van der Waals surface area contributed by atoms with Gasteiger partial charge in [0, 0.05) is 19.1 Å². The molecular weight excluding hydrogens is 380 g/mol. The molecule has 0 atom stereocenters. The van der Waals surface area contributed by atoms with Crippen molar-refractivity contribution >= 4 is 17.2 Å². The van der Waals surface area contributed by atoms with Crippen LogP contribution >= 0.6 is 11.3 Å². The molecule has 1 amide bonds. The number of benzene rings is 1. The van der Waals surface area contributed by atoms with Crippen molar-refractivity contribution in [2.24, 2.45) is 0 Å². The number of rotatable bonds is 6. The lowest BCUT2D eigenvalue weighted by Gasteiger charge is -2.37. The summed E-state index contributed by atoms with van der Waals surface area (Å²) >= 11 is 1.09. The highest BCUT2D eigenvalue weighted by Gasteiger charge is 2.29. The average Bonchev–Trinajstić information content (AvgIpc) is 3.13. The zero-order chi connectivity index (χ0) is 20.3. The fraction of sp³-hybridized carbons (Fsp3) is 0.524. The maximum absolute atomic E-state index is 14.1. The molecule has 152 valence electrons. The maximum Gasteiger partial charge on any atom is 0.265 e. The molecule has 1 aliphatic heterocycles. The van der Waals surface area contributed by atoms with Crippen molar-refractivity contribution in [1.29, 1.82) is 0 Å². The lowest BCUT2D eigenvalue weighted by molar-refractivity contribution is 0.0635. The van der Waals surface area contributed by atoms with Gasteiger partial charge in [-0.3, -0.25) is 4.79 Å². The number of aromatic nitrogens is 1. The molecular formula is C21H27F2N3OS. The van der Waals surface area contributed by atoms with Crippen LogP contribution in [0.4, 0.5) is 8.78 Å². The highest BCUT2D eigenvalue weighted by molar-refractivity contribution is 7.17. The zero-order valence-electron chi connectivity index (χ0n) is 16.7. The van der Waals surface area contributed by atoms with Crippen LogP contribution < -0.4 is 0 Å². The Labute approximate surface area is 169 Å². The molecule has 0 saturated carbocycles. The molecule has 0 bridgehead atoms. The van der Waals surface area contributed by atoms with Crippen molar-refractivity contribution < 1.29 is 13.6 Å². The monoisotopic (exact) mass is 407 g/mol. The summed E-state index contributed by atoms with van der Waals surface area (Å²) in [6.07, 6.45) is 2.44. The topological polar surface area (TPSA) is 36.4 Å². The third kappa shape index (κ3) is 4.10. The lowest BCUT2D eigenvalue weighted by Crippen LogP contribution is -2.46. The number of hydrogen-bond acceptors (Lipinski definition) is 4. The fourth-order valence-corrected chi connectivity index (χ4v) is 5.06. The smallest absolute Gasteiger partial charge is 0.265 e. The van der Waals surface area contributed by atoms with E-state index in [1.165, 1.54) is 18.2 Å². The van der Waals surface area contributed by atoms with E-state index in [1.807, 2.05) is 11.8 Å². The van der Waals surface area contributed by atoms with Crippen LogP contribution in [0.2, 0.25) is 0 Å². The number of hydrogen-bond donors (Lipinski definition) is 0. The van der Waals surface area contributed by atoms with Crippen molar-refractivity contribution in [2.75, 3.05) is 26.2 Å². The summed E-state index contributed by atoms with van der Waals surface area (Å²) in [5.41, 5.74) is 0.458. The minimum absolute atomic E-state index is 0.0738. The third-order valence-electron chi connectivity index (χ3n) is 5.48. The molecule has 28 heavy (non-hydrogen) atoms. The Hall–Kier alpha value is -1.86. The molecule has 0 N–H and O–H groups in total. The van der Waals surface area contributed by atoms with E-state index in [9.17, 15) is 13.6 Å². The van der Waals surface area contributed by atoms with E-state index < -0.39 is 11.6 Å². The van der Waals surface area contributed by atoms with Crippen molar-refractivity contribution in [3.05, 3.63) is 40.4 Å². The molecule has 2 heterocycles. The Balaban J connectivity index is 1.81. The SMILES string of the molecule is CCc1nc(-c2c(F)cccc2F)sc1C(=O)N1CCC(N(CC)CC)CC1. The number of likely N-dealkylation sites (tertiary alicyclic amines) is 1. The van der Waals surface area contributed by atoms with E-state index in [1.54, 1.807) is 0 Å². The van der Waals surface area contributed by atoms with E-state index >= 15 is 0 Å². The number of nitrogens with zero attached hydrogens (tertiary/aromatic N) is 3. The van der Waals surface area contributed by atoms with Gasteiger partial charge in [0.25, 0.3) is 5.91 Å². The van der Waals surface area contributed by atoms with Gasteiger partial charge in [0.15, 0.2) is 0 Å². The van der Waals surface area contributed by atoms with Crippen LogP contribution in [0.3, 0.4) is 0 Å². The second kappa shape index (κ2) is 9.09. The highest BCUT2D eigenvalue weighted by atomic mass is 32.1. The number of thiazole rings is 1. The fourth-order valence-electron chi connectivity index (χ4n) is 3.89. The van der Waals surface area contributed by atoms with E-state index in [-0.39, 0.29) is 16.5 Å². The van der Waals surface area contributed by atoms with Crippen LogP contribution in [-0.2, 0) is 6.42 Å². The molecule has 3 rings (SSSR count). The van der Waals surface area contributed by atoms with Gasteiger partial charge in [0.05, 0.1) is 11.3 Å². The summed E-state index contributed by atoms with van der Waals surface area (Å²) in [5.74, 6) is -1.39. The second-order valence-corrected chi connectivity index (χ2v) is 7.99. The maximum atomic E-state index is 14.1. The van der Waals surface area contributed by atoms with Crippen molar-refractivity contribution in [2.45, 2.75) is 46.1 Å². The lowest BCUT2D eigenvalue weighted by atomic mass is 10.0. The predicted molar refractivity (Wildman–Crippen MR) is 109 cm³/mol. The van der Waals surface area contributed by atoms with Crippen molar-refractivity contribution in [1.82, 2.24) is 14.8 Å². The van der Waals surface area contributed by atoms with Gasteiger partial charge >= 0.3 is 0 Å². The minimum atomic E-state index is -0.657. The van der Waals surface area contributed by atoms with E-state index in [0.29, 0.717) is 36.1 Å². The summed E-state index contributed by atoms with van der Waals surface area (Å²) in [4.78, 5) is 22.3. The number of aryl methyl sites for hydroxylation is 1. The molecule has 1 fully saturated rings. The first-order chi connectivity index (χ1) is 13.5. The summed E-state index contributed by atoms with van der Waals surface area (Å²) in [5, 5.41) is 0.230. The van der Waals surface area contributed by atoms with Crippen LogP contribution in [0.15, 0.2) is 18.2 Å². The zero-order valence-corrected chi connectivity index (χ0v) is 17.5. The molecule has 0 aliphatic carbocycles.